The fourth-order valence-corrected chi connectivity index (χ4v) is 1.83. The smallest absolute Gasteiger partial charge is 0.416 e. The van der Waals surface area contributed by atoms with E-state index in [1.165, 1.54) is 12.1 Å². The zero-order valence-electron chi connectivity index (χ0n) is 10.7. The molecule has 0 fully saturated rings. The third-order valence-corrected chi connectivity index (χ3v) is 2.78. The lowest BCUT2D eigenvalue weighted by Gasteiger charge is -2.12. The molecule has 0 saturated heterocycles. The Kier molecular flexibility index (Phi) is 4.29. The van der Waals surface area contributed by atoms with Crippen molar-refractivity contribution in [3.8, 4) is 11.5 Å². The number of hydrogen-bond acceptors (Lipinski definition) is 2. The van der Waals surface area contributed by atoms with Crippen molar-refractivity contribution >= 4 is 0 Å². The average Bonchev–Trinajstić information content (AvgIpc) is 2.41. The van der Waals surface area contributed by atoms with E-state index in [9.17, 15) is 13.2 Å². The molecule has 0 amide bonds. The minimum Gasteiger partial charge on any atom is -0.457 e. The third-order valence-electron chi connectivity index (χ3n) is 2.78. The third kappa shape index (κ3) is 3.51. The number of alkyl halides is 3. The highest BCUT2D eigenvalue weighted by atomic mass is 19.4. The second-order valence-corrected chi connectivity index (χ2v) is 4.27. The second-order valence-electron chi connectivity index (χ2n) is 4.27. The van der Waals surface area contributed by atoms with Gasteiger partial charge in [0.25, 0.3) is 0 Å². The van der Waals surface area contributed by atoms with Crippen molar-refractivity contribution in [3.63, 3.8) is 0 Å². The maximum Gasteiger partial charge on any atom is 0.416 e. The Balaban J connectivity index is 2.26. The molecule has 0 aliphatic heterocycles. The van der Waals surface area contributed by atoms with Gasteiger partial charge in [-0.3, -0.25) is 0 Å². The summed E-state index contributed by atoms with van der Waals surface area (Å²) >= 11 is 0. The molecule has 0 atom stereocenters. The normalized spacial score (nSPS) is 11.4. The lowest BCUT2D eigenvalue weighted by Crippen LogP contribution is -2.05. The topological polar surface area (TPSA) is 35.2 Å². The Morgan fingerprint density at radius 1 is 1.00 bits per heavy atom. The van der Waals surface area contributed by atoms with Gasteiger partial charge in [-0.25, -0.2) is 0 Å². The number of hydrogen-bond donors (Lipinski definition) is 1. The summed E-state index contributed by atoms with van der Waals surface area (Å²) in [7, 11) is 0. The Morgan fingerprint density at radius 2 is 1.75 bits per heavy atom. The summed E-state index contributed by atoms with van der Waals surface area (Å²) in [5.74, 6) is 0.682. The minimum absolute atomic E-state index is 0.157. The molecule has 0 unspecified atom stereocenters. The van der Waals surface area contributed by atoms with Crippen LogP contribution < -0.4 is 10.5 Å². The van der Waals surface area contributed by atoms with Crippen molar-refractivity contribution in [1.29, 1.82) is 0 Å². The van der Waals surface area contributed by atoms with Crippen LogP contribution in [0.3, 0.4) is 0 Å². The summed E-state index contributed by atoms with van der Waals surface area (Å²) in [6, 6.07) is 12.0. The lowest BCUT2D eigenvalue weighted by molar-refractivity contribution is -0.137. The highest BCUT2D eigenvalue weighted by Gasteiger charge is 2.30. The van der Waals surface area contributed by atoms with Gasteiger partial charge in [-0.05, 0) is 42.8 Å². The van der Waals surface area contributed by atoms with E-state index in [0.29, 0.717) is 18.7 Å². The molecule has 2 rings (SSSR count). The van der Waals surface area contributed by atoms with Crippen LogP contribution in [0, 0.1) is 0 Å². The molecule has 0 heterocycles. The molecule has 0 spiro atoms. The first-order chi connectivity index (χ1) is 9.50. The van der Waals surface area contributed by atoms with Gasteiger partial charge in [0.15, 0.2) is 0 Å². The van der Waals surface area contributed by atoms with Crippen LogP contribution in [-0.2, 0) is 12.6 Å². The average molecular weight is 281 g/mol. The van der Waals surface area contributed by atoms with Crippen molar-refractivity contribution in [1.82, 2.24) is 0 Å². The van der Waals surface area contributed by atoms with E-state index in [4.69, 9.17) is 10.5 Å². The van der Waals surface area contributed by atoms with E-state index in [1.807, 2.05) is 12.1 Å². The molecular weight excluding hydrogens is 267 g/mol. The summed E-state index contributed by atoms with van der Waals surface area (Å²) < 4.78 is 43.4. The van der Waals surface area contributed by atoms with Gasteiger partial charge in [0, 0.05) is 0 Å². The first-order valence-electron chi connectivity index (χ1n) is 6.14. The summed E-state index contributed by atoms with van der Waals surface area (Å²) in [6.07, 6.45) is -3.77. The van der Waals surface area contributed by atoms with Crippen molar-refractivity contribution in [2.45, 2.75) is 12.6 Å². The molecule has 106 valence electrons. The van der Waals surface area contributed by atoms with Gasteiger partial charge < -0.3 is 10.5 Å². The van der Waals surface area contributed by atoms with Gasteiger partial charge in [0.05, 0.1) is 5.56 Å². The minimum atomic E-state index is -4.38. The molecule has 0 aliphatic carbocycles. The maximum atomic E-state index is 12.6. The molecule has 0 radical (unpaired) electrons. The van der Waals surface area contributed by atoms with Gasteiger partial charge in [-0.2, -0.15) is 13.2 Å². The van der Waals surface area contributed by atoms with Crippen molar-refractivity contribution < 1.29 is 17.9 Å². The van der Waals surface area contributed by atoms with Crippen LogP contribution in [0.4, 0.5) is 13.2 Å². The summed E-state index contributed by atoms with van der Waals surface area (Å²) in [6.45, 7) is 0.447. The molecule has 20 heavy (non-hydrogen) atoms. The molecule has 5 heteroatoms. The molecule has 0 aliphatic rings. The molecule has 2 nitrogen and oxygen atoms in total. The van der Waals surface area contributed by atoms with Gasteiger partial charge >= 0.3 is 6.18 Å². The highest BCUT2D eigenvalue weighted by molar-refractivity contribution is 5.39. The van der Waals surface area contributed by atoms with E-state index >= 15 is 0 Å². The first-order valence-corrected chi connectivity index (χ1v) is 6.14. The standard InChI is InChI=1S/C15H14F3NO/c16-15(17,18)12-5-3-6-13(10-12)20-14-7-2-1-4-11(14)8-9-19/h1-7,10H,8-9,19H2. The fraction of sp³-hybridized carbons (Fsp3) is 0.200. The zero-order chi connectivity index (χ0) is 14.6. The van der Waals surface area contributed by atoms with Crippen LogP contribution >= 0.6 is 0 Å². The van der Waals surface area contributed by atoms with Crippen molar-refractivity contribution in [3.05, 3.63) is 59.7 Å². The van der Waals surface area contributed by atoms with Gasteiger partial charge in [-0.15, -0.1) is 0 Å². The maximum absolute atomic E-state index is 12.6. The molecule has 2 aromatic rings. The highest BCUT2D eigenvalue weighted by Crippen LogP contribution is 2.33. The van der Waals surface area contributed by atoms with Crippen molar-refractivity contribution in [2.75, 3.05) is 6.54 Å². The van der Waals surface area contributed by atoms with E-state index in [2.05, 4.69) is 0 Å². The number of benzene rings is 2. The number of halogens is 3. The Hall–Kier alpha value is -2.01. The monoisotopic (exact) mass is 281 g/mol. The SMILES string of the molecule is NCCc1ccccc1Oc1cccc(C(F)(F)F)c1. The van der Waals surface area contributed by atoms with E-state index < -0.39 is 11.7 Å². The predicted molar refractivity (Wildman–Crippen MR) is 70.7 cm³/mol. The lowest BCUT2D eigenvalue weighted by atomic mass is 10.1. The molecule has 0 aromatic heterocycles. The van der Waals surface area contributed by atoms with Crippen molar-refractivity contribution in [2.24, 2.45) is 5.73 Å². The number of para-hydroxylation sites is 1. The van der Waals surface area contributed by atoms with Gasteiger partial charge in [-0.1, -0.05) is 24.3 Å². The van der Waals surface area contributed by atoms with Crippen LogP contribution in [-0.4, -0.2) is 6.54 Å². The number of ether oxygens (including phenoxy) is 1. The second kappa shape index (κ2) is 5.96. The largest absolute Gasteiger partial charge is 0.457 e. The molecule has 2 aromatic carbocycles. The Morgan fingerprint density at radius 3 is 2.45 bits per heavy atom. The summed E-state index contributed by atoms with van der Waals surface area (Å²) in [5.41, 5.74) is 5.64. The molecule has 0 bridgehead atoms. The molecular formula is C15H14F3NO. The Labute approximate surface area is 115 Å². The van der Waals surface area contributed by atoms with E-state index in [1.54, 1.807) is 12.1 Å². The van der Waals surface area contributed by atoms with Crippen LogP contribution in [0.25, 0.3) is 0 Å². The first kappa shape index (κ1) is 14.4. The van der Waals surface area contributed by atoms with Gasteiger partial charge in [0.2, 0.25) is 0 Å². The zero-order valence-corrected chi connectivity index (χ0v) is 10.7. The summed E-state index contributed by atoms with van der Waals surface area (Å²) in [4.78, 5) is 0. The van der Waals surface area contributed by atoms with Crippen LogP contribution in [0.2, 0.25) is 0 Å². The van der Waals surface area contributed by atoms with Crippen LogP contribution in [0.5, 0.6) is 11.5 Å². The van der Waals surface area contributed by atoms with E-state index in [-0.39, 0.29) is 5.75 Å². The predicted octanol–water partition coefficient (Wildman–Crippen LogP) is 4.00. The van der Waals surface area contributed by atoms with Gasteiger partial charge in [0.1, 0.15) is 11.5 Å². The summed E-state index contributed by atoms with van der Waals surface area (Å²) in [5, 5.41) is 0. The number of nitrogens with two attached hydrogens (primary N) is 1. The van der Waals surface area contributed by atoms with Crippen LogP contribution in [0.1, 0.15) is 11.1 Å². The fourth-order valence-electron chi connectivity index (χ4n) is 1.83. The molecule has 0 saturated carbocycles. The molecule has 2 N–H and O–H groups in total. The van der Waals surface area contributed by atoms with Crippen LogP contribution in [0.15, 0.2) is 48.5 Å². The quantitative estimate of drug-likeness (QED) is 0.919. The number of rotatable bonds is 4. The van der Waals surface area contributed by atoms with E-state index in [0.717, 1.165) is 17.7 Å². The Bertz CT molecular complexity index is 581.